The summed E-state index contributed by atoms with van der Waals surface area (Å²) >= 11 is 0. The summed E-state index contributed by atoms with van der Waals surface area (Å²) in [6, 6.07) is 7.71. The van der Waals surface area contributed by atoms with Crippen molar-refractivity contribution in [3.8, 4) is 11.5 Å². The van der Waals surface area contributed by atoms with Gasteiger partial charge in [-0.25, -0.2) is 0 Å². The predicted molar refractivity (Wildman–Crippen MR) is 62.3 cm³/mol. The maximum Gasteiger partial charge on any atom is 0.165 e. The Balaban J connectivity index is 2.27. The lowest BCUT2D eigenvalue weighted by Crippen LogP contribution is -2.06. The van der Waals surface area contributed by atoms with Crippen molar-refractivity contribution in [1.29, 1.82) is 0 Å². The average Bonchev–Trinajstić information content (AvgIpc) is 2.64. The quantitative estimate of drug-likeness (QED) is 0.857. The molecule has 0 saturated heterocycles. The minimum Gasteiger partial charge on any atom is -0.454 e. The third kappa shape index (κ3) is 2.23. The van der Waals surface area contributed by atoms with Gasteiger partial charge in [0.1, 0.15) is 5.75 Å². The van der Waals surface area contributed by atoms with E-state index < -0.39 is 0 Å². The Morgan fingerprint density at radius 2 is 2.12 bits per heavy atom. The van der Waals surface area contributed by atoms with Crippen molar-refractivity contribution in [1.82, 2.24) is 9.78 Å². The molecule has 1 atom stereocenters. The normalized spacial score (nSPS) is 12.4. The molecule has 0 amide bonds. The number of aromatic nitrogens is 2. The summed E-state index contributed by atoms with van der Waals surface area (Å²) in [6.45, 7) is 1.94. The van der Waals surface area contributed by atoms with Crippen molar-refractivity contribution in [2.45, 2.75) is 13.0 Å². The van der Waals surface area contributed by atoms with Crippen LogP contribution in [0.1, 0.15) is 18.5 Å². The van der Waals surface area contributed by atoms with E-state index in [4.69, 9.17) is 10.5 Å². The molecule has 0 aliphatic carbocycles. The van der Waals surface area contributed by atoms with Crippen molar-refractivity contribution >= 4 is 0 Å². The molecule has 2 aromatic rings. The summed E-state index contributed by atoms with van der Waals surface area (Å²) in [5.74, 6) is 1.50. The molecular formula is C12H15N3O. The highest BCUT2D eigenvalue weighted by Crippen LogP contribution is 2.27. The van der Waals surface area contributed by atoms with Gasteiger partial charge in [-0.1, -0.05) is 18.2 Å². The van der Waals surface area contributed by atoms with Crippen LogP contribution in [0.4, 0.5) is 0 Å². The van der Waals surface area contributed by atoms with Crippen LogP contribution < -0.4 is 10.5 Å². The number of para-hydroxylation sites is 1. The number of ether oxygens (including phenoxy) is 1. The van der Waals surface area contributed by atoms with Crippen LogP contribution in [0.25, 0.3) is 0 Å². The molecule has 0 bridgehead atoms. The Morgan fingerprint density at radius 1 is 1.38 bits per heavy atom. The molecule has 0 aliphatic rings. The molecule has 2 N–H and O–H groups in total. The molecule has 0 aliphatic heterocycles. The van der Waals surface area contributed by atoms with E-state index in [9.17, 15) is 0 Å². The largest absolute Gasteiger partial charge is 0.454 e. The molecule has 0 radical (unpaired) electrons. The van der Waals surface area contributed by atoms with Crippen LogP contribution >= 0.6 is 0 Å². The molecule has 84 valence electrons. The van der Waals surface area contributed by atoms with Gasteiger partial charge in [-0.15, -0.1) is 0 Å². The third-order valence-corrected chi connectivity index (χ3v) is 2.32. The highest BCUT2D eigenvalue weighted by Gasteiger charge is 2.08. The molecule has 1 heterocycles. The Hall–Kier alpha value is -1.81. The highest BCUT2D eigenvalue weighted by molar-refractivity contribution is 5.38. The molecule has 2 rings (SSSR count). The molecule has 0 unspecified atom stereocenters. The number of nitrogens with zero attached hydrogens (tertiary/aromatic N) is 2. The van der Waals surface area contributed by atoms with Crippen molar-refractivity contribution in [3.63, 3.8) is 0 Å². The van der Waals surface area contributed by atoms with Crippen molar-refractivity contribution < 1.29 is 4.74 Å². The maximum atomic E-state index is 5.87. The van der Waals surface area contributed by atoms with Crippen LogP contribution in [0.2, 0.25) is 0 Å². The van der Waals surface area contributed by atoms with Crippen LogP contribution in [0.5, 0.6) is 11.5 Å². The minimum atomic E-state index is -0.0483. The number of nitrogens with two attached hydrogens (primary N) is 1. The smallest absolute Gasteiger partial charge is 0.165 e. The van der Waals surface area contributed by atoms with Gasteiger partial charge in [-0.05, 0) is 13.0 Å². The van der Waals surface area contributed by atoms with Gasteiger partial charge in [0.05, 0.1) is 12.4 Å². The van der Waals surface area contributed by atoms with E-state index >= 15 is 0 Å². The molecular weight excluding hydrogens is 202 g/mol. The number of rotatable bonds is 3. The number of aryl methyl sites for hydroxylation is 1. The SMILES string of the molecule is C[C@H](N)c1ccccc1Oc1cnn(C)c1. The molecule has 4 nitrogen and oxygen atoms in total. The number of hydrogen-bond acceptors (Lipinski definition) is 3. The average molecular weight is 217 g/mol. The molecule has 0 fully saturated rings. The van der Waals surface area contributed by atoms with Crippen molar-refractivity contribution in [3.05, 3.63) is 42.2 Å². The monoisotopic (exact) mass is 217 g/mol. The summed E-state index contributed by atoms with van der Waals surface area (Å²) in [7, 11) is 1.85. The first-order chi connectivity index (χ1) is 7.66. The fraction of sp³-hybridized carbons (Fsp3) is 0.250. The molecule has 0 spiro atoms. The Kier molecular flexibility index (Phi) is 2.92. The molecule has 1 aromatic heterocycles. The first kappa shape index (κ1) is 10.7. The number of hydrogen-bond donors (Lipinski definition) is 1. The topological polar surface area (TPSA) is 53.1 Å². The predicted octanol–water partition coefficient (Wildman–Crippen LogP) is 2.23. The lowest BCUT2D eigenvalue weighted by molar-refractivity contribution is 0.471. The zero-order valence-electron chi connectivity index (χ0n) is 9.42. The van der Waals surface area contributed by atoms with E-state index in [-0.39, 0.29) is 6.04 Å². The summed E-state index contributed by atoms with van der Waals surface area (Å²) in [4.78, 5) is 0. The van der Waals surface area contributed by atoms with Gasteiger partial charge in [-0.2, -0.15) is 5.10 Å². The van der Waals surface area contributed by atoms with Gasteiger partial charge < -0.3 is 10.5 Å². The van der Waals surface area contributed by atoms with Gasteiger partial charge in [0.25, 0.3) is 0 Å². The first-order valence-electron chi connectivity index (χ1n) is 5.18. The van der Waals surface area contributed by atoms with Gasteiger partial charge >= 0.3 is 0 Å². The fourth-order valence-electron chi connectivity index (χ4n) is 1.53. The highest BCUT2D eigenvalue weighted by atomic mass is 16.5. The van der Waals surface area contributed by atoms with Crippen LogP contribution in [0, 0.1) is 0 Å². The maximum absolute atomic E-state index is 5.87. The molecule has 16 heavy (non-hydrogen) atoms. The van der Waals surface area contributed by atoms with Gasteiger partial charge in [-0.3, -0.25) is 4.68 Å². The molecule has 0 saturated carbocycles. The van der Waals surface area contributed by atoms with Crippen LogP contribution in [0.15, 0.2) is 36.7 Å². The van der Waals surface area contributed by atoms with Crippen LogP contribution in [-0.4, -0.2) is 9.78 Å². The lowest BCUT2D eigenvalue weighted by atomic mass is 10.1. The summed E-state index contributed by atoms with van der Waals surface area (Å²) in [6.07, 6.45) is 3.50. The van der Waals surface area contributed by atoms with Gasteiger partial charge in [0.15, 0.2) is 5.75 Å². The Labute approximate surface area is 94.6 Å². The van der Waals surface area contributed by atoms with Crippen molar-refractivity contribution in [2.75, 3.05) is 0 Å². The van der Waals surface area contributed by atoms with E-state index in [1.807, 2.05) is 44.4 Å². The standard InChI is InChI=1S/C12H15N3O/c1-9(13)11-5-3-4-6-12(11)16-10-7-14-15(2)8-10/h3-9H,13H2,1-2H3/t9-/m0/s1. The first-order valence-corrected chi connectivity index (χ1v) is 5.18. The summed E-state index contributed by atoms with van der Waals surface area (Å²) < 4.78 is 7.43. The lowest BCUT2D eigenvalue weighted by Gasteiger charge is -2.11. The Morgan fingerprint density at radius 3 is 2.75 bits per heavy atom. The Bertz CT molecular complexity index is 477. The van der Waals surface area contributed by atoms with Gasteiger partial charge in [0, 0.05) is 18.7 Å². The van der Waals surface area contributed by atoms with Crippen LogP contribution in [-0.2, 0) is 7.05 Å². The second-order valence-electron chi connectivity index (χ2n) is 3.78. The fourth-order valence-corrected chi connectivity index (χ4v) is 1.53. The van der Waals surface area contributed by atoms with E-state index in [2.05, 4.69) is 5.10 Å². The van der Waals surface area contributed by atoms with E-state index in [0.29, 0.717) is 0 Å². The zero-order chi connectivity index (χ0) is 11.5. The summed E-state index contributed by atoms with van der Waals surface area (Å²) in [5.41, 5.74) is 6.86. The molecule has 4 heteroatoms. The van der Waals surface area contributed by atoms with Gasteiger partial charge in [0.2, 0.25) is 0 Å². The molecule has 1 aromatic carbocycles. The van der Waals surface area contributed by atoms with E-state index in [0.717, 1.165) is 17.1 Å². The zero-order valence-corrected chi connectivity index (χ0v) is 9.42. The second kappa shape index (κ2) is 4.37. The van der Waals surface area contributed by atoms with Crippen molar-refractivity contribution in [2.24, 2.45) is 12.8 Å². The van der Waals surface area contributed by atoms with E-state index in [1.54, 1.807) is 10.9 Å². The summed E-state index contributed by atoms with van der Waals surface area (Å²) in [5, 5.41) is 4.05. The van der Waals surface area contributed by atoms with Crippen LogP contribution in [0.3, 0.4) is 0 Å². The third-order valence-electron chi connectivity index (χ3n) is 2.32. The number of benzene rings is 1. The second-order valence-corrected chi connectivity index (χ2v) is 3.78. The van der Waals surface area contributed by atoms with E-state index in [1.165, 1.54) is 0 Å². The minimum absolute atomic E-state index is 0.0483.